The number of amides is 1. The van der Waals surface area contributed by atoms with Crippen LogP contribution in [0.25, 0.3) is 33.4 Å². The van der Waals surface area contributed by atoms with Crippen LogP contribution < -0.4 is 5.76 Å². The Balaban J connectivity index is 1.21. The highest BCUT2D eigenvalue weighted by molar-refractivity contribution is 6.09. The lowest BCUT2D eigenvalue weighted by molar-refractivity contribution is -0.117. The summed E-state index contributed by atoms with van der Waals surface area (Å²) in [6.07, 6.45) is 11.9. The molecule has 1 aromatic carbocycles. The second-order valence-corrected chi connectivity index (χ2v) is 14.2. The van der Waals surface area contributed by atoms with E-state index in [4.69, 9.17) is 19.4 Å². The van der Waals surface area contributed by atoms with Crippen LogP contribution in [-0.4, -0.2) is 49.6 Å². The summed E-state index contributed by atoms with van der Waals surface area (Å²) in [6, 6.07) is 15.3. The third-order valence-corrected chi connectivity index (χ3v) is 11.3. The smallest absolute Gasteiger partial charge is 0.408 e. The molecule has 1 saturated carbocycles. The zero-order chi connectivity index (χ0) is 33.3. The van der Waals surface area contributed by atoms with E-state index in [1.54, 1.807) is 16.7 Å². The summed E-state index contributed by atoms with van der Waals surface area (Å²) in [5, 5.41) is 9.15. The molecule has 0 unspecified atom stereocenters. The van der Waals surface area contributed by atoms with Gasteiger partial charge in [-0.3, -0.25) is 24.3 Å². The molecule has 5 aliphatic rings. The summed E-state index contributed by atoms with van der Waals surface area (Å²) in [7, 11) is 0. The lowest BCUT2D eigenvalue weighted by Gasteiger charge is -2.46. The lowest BCUT2D eigenvalue weighted by atomic mass is 9.68. The molecule has 0 N–H and O–H groups in total. The molecule has 4 aromatic heterocycles. The third-order valence-electron chi connectivity index (χ3n) is 11.3. The Morgan fingerprint density at radius 3 is 2.61 bits per heavy atom. The van der Waals surface area contributed by atoms with E-state index >= 15 is 0 Å². The minimum absolute atomic E-state index is 0.0159. The standard InChI is InChI=1S/C39H36N6O4/c1-23-17-26(11-15-41-23)33-29(10-14-39-12-8-28(9-13-39)48-22-39)43-36-31-3-2-16-44(31)37(46)35(36)34(33)25-5-7-30-32(18-25)49-38(47)45(30)21-27-6-4-24(19-40)20-42-27/h4-7,11,15,17-18,20,28,31H,2-3,8-10,12-14,16,21-22H2,1H3/t28?,31-,39?/m0/s1. The number of oxazole rings is 1. The van der Waals surface area contributed by atoms with E-state index in [0.29, 0.717) is 34.0 Å². The summed E-state index contributed by atoms with van der Waals surface area (Å²) in [4.78, 5) is 43.7. The van der Waals surface area contributed by atoms with E-state index in [-0.39, 0.29) is 23.9 Å². The van der Waals surface area contributed by atoms with E-state index in [2.05, 4.69) is 22.1 Å². The van der Waals surface area contributed by atoms with Crippen molar-refractivity contribution >= 4 is 17.0 Å². The summed E-state index contributed by atoms with van der Waals surface area (Å²) in [5.41, 5.74) is 9.29. The number of nitriles is 1. The zero-order valence-electron chi connectivity index (χ0n) is 27.4. The predicted molar refractivity (Wildman–Crippen MR) is 182 cm³/mol. The van der Waals surface area contributed by atoms with Crippen molar-refractivity contribution in [1.29, 1.82) is 5.26 Å². The monoisotopic (exact) mass is 652 g/mol. The molecule has 49 heavy (non-hydrogen) atoms. The van der Waals surface area contributed by atoms with Crippen LogP contribution in [0.2, 0.25) is 0 Å². The molecule has 10 rings (SSSR count). The molecule has 1 atom stereocenters. The van der Waals surface area contributed by atoms with Crippen LogP contribution >= 0.6 is 0 Å². The SMILES string of the molecule is Cc1cc(-c2c(CCC34CCC(CC3)OC4)nc3c(c2-c2ccc4c(c2)oc(=O)n4Cc2ccc(C#N)cn2)C(=O)N2CCC[C@@H]32)ccn1. The van der Waals surface area contributed by atoms with Crippen LogP contribution in [0, 0.1) is 23.7 Å². The number of ether oxygens (including phenoxy) is 1. The Hall–Kier alpha value is -5.14. The van der Waals surface area contributed by atoms with Crippen LogP contribution in [0.3, 0.4) is 0 Å². The van der Waals surface area contributed by atoms with Crippen molar-refractivity contribution in [3.05, 3.63) is 99.3 Å². The molecule has 1 aliphatic carbocycles. The molecular weight excluding hydrogens is 616 g/mol. The van der Waals surface area contributed by atoms with Gasteiger partial charge in [-0.25, -0.2) is 4.79 Å². The van der Waals surface area contributed by atoms with Gasteiger partial charge in [-0.05, 0) is 111 Å². The molecule has 0 radical (unpaired) electrons. The van der Waals surface area contributed by atoms with Crippen LogP contribution in [-0.2, 0) is 17.7 Å². The van der Waals surface area contributed by atoms with Gasteiger partial charge in [-0.15, -0.1) is 0 Å². The average molecular weight is 653 g/mol. The number of aromatic nitrogens is 4. The maximum absolute atomic E-state index is 14.3. The van der Waals surface area contributed by atoms with Crippen LogP contribution in [0.1, 0.15) is 89.7 Å². The maximum atomic E-state index is 14.3. The topological polar surface area (TPSA) is 127 Å². The Morgan fingerprint density at radius 2 is 1.86 bits per heavy atom. The molecule has 1 amide bonds. The fourth-order valence-electron chi connectivity index (χ4n) is 8.66. The Kier molecular flexibility index (Phi) is 7.02. The summed E-state index contributed by atoms with van der Waals surface area (Å²) >= 11 is 0. The van der Waals surface area contributed by atoms with Crippen molar-refractivity contribution in [3.63, 3.8) is 0 Å². The van der Waals surface area contributed by atoms with E-state index in [9.17, 15) is 9.59 Å². The zero-order valence-corrected chi connectivity index (χ0v) is 27.4. The molecule has 10 heteroatoms. The first-order valence-corrected chi connectivity index (χ1v) is 17.3. The fourth-order valence-corrected chi connectivity index (χ4v) is 8.66. The first-order valence-electron chi connectivity index (χ1n) is 17.3. The number of carbonyl (C=O) groups is 1. The third kappa shape index (κ3) is 4.98. The summed E-state index contributed by atoms with van der Waals surface area (Å²) in [6.45, 7) is 3.71. The number of aryl methyl sites for hydroxylation is 2. The number of hydrogen-bond acceptors (Lipinski definition) is 8. The van der Waals surface area contributed by atoms with Crippen LogP contribution in [0.4, 0.5) is 0 Å². The minimum atomic E-state index is -0.496. The second-order valence-electron chi connectivity index (χ2n) is 14.2. The Bertz CT molecular complexity index is 2230. The fraction of sp³-hybridized carbons (Fsp3) is 0.385. The Morgan fingerprint density at radius 1 is 1.00 bits per heavy atom. The number of fused-ring (bicyclic) bond motifs is 7. The number of carbonyl (C=O) groups excluding carboxylic acids is 1. The summed E-state index contributed by atoms with van der Waals surface area (Å²) < 4.78 is 13.6. The van der Waals surface area contributed by atoms with Crippen molar-refractivity contribution in [2.75, 3.05) is 13.2 Å². The highest BCUT2D eigenvalue weighted by Gasteiger charge is 2.45. The highest BCUT2D eigenvalue weighted by atomic mass is 16.5. The van der Waals surface area contributed by atoms with E-state index in [0.717, 1.165) is 91.0 Å². The van der Waals surface area contributed by atoms with E-state index in [1.807, 2.05) is 42.3 Å². The molecule has 8 heterocycles. The van der Waals surface area contributed by atoms with Gasteiger partial charge < -0.3 is 14.1 Å². The molecule has 5 aromatic rings. The average Bonchev–Trinajstić information content (AvgIpc) is 3.81. The van der Waals surface area contributed by atoms with Crippen molar-refractivity contribution in [3.8, 4) is 28.3 Å². The van der Waals surface area contributed by atoms with E-state index in [1.165, 1.54) is 19.0 Å². The second kappa shape index (κ2) is 11.5. The maximum Gasteiger partial charge on any atom is 0.420 e. The molecule has 2 bridgehead atoms. The quantitative estimate of drug-likeness (QED) is 0.194. The van der Waals surface area contributed by atoms with Crippen molar-refractivity contribution in [2.24, 2.45) is 5.41 Å². The normalized spacial score (nSPS) is 22.4. The first kappa shape index (κ1) is 30.0. The molecule has 246 valence electrons. The van der Waals surface area contributed by atoms with Crippen LogP contribution in [0.15, 0.2) is 64.1 Å². The van der Waals surface area contributed by atoms with Gasteiger partial charge in [0.2, 0.25) is 0 Å². The van der Waals surface area contributed by atoms with Gasteiger partial charge in [0.15, 0.2) is 5.58 Å². The molecule has 10 nitrogen and oxygen atoms in total. The number of nitrogens with zero attached hydrogens (tertiary/aromatic N) is 6. The number of pyridine rings is 3. The van der Waals surface area contributed by atoms with Crippen molar-refractivity contribution in [1.82, 2.24) is 24.4 Å². The predicted octanol–water partition coefficient (Wildman–Crippen LogP) is 6.52. The van der Waals surface area contributed by atoms with Gasteiger partial charge in [-0.2, -0.15) is 5.26 Å². The number of rotatable bonds is 7. The van der Waals surface area contributed by atoms with Gasteiger partial charge in [0.1, 0.15) is 6.07 Å². The molecule has 3 saturated heterocycles. The molecular formula is C39H36N6O4. The van der Waals surface area contributed by atoms with Gasteiger partial charge in [0.05, 0.1) is 53.3 Å². The molecule has 4 fully saturated rings. The number of benzene rings is 1. The first-order chi connectivity index (χ1) is 23.9. The van der Waals surface area contributed by atoms with Gasteiger partial charge >= 0.3 is 5.76 Å². The minimum Gasteiger partial charge on any atom is -0.408 e. The van der Waals surface area contributed by atoms with Gasteiger partial charge in [0, 0.05) is 41.5 Å². The van der Waals surface area contributed by atoms with Gasteiger partial charge in [-0.1, -0.05) is 6.07 Å². The van der Waals surface area contributed by atoms with Gasteiger partial charge in [0.25, 0.3) is 5.91 Å². The lowest BCUT2D eigenvalue weighted by Crippen LogP contribution is -2.42. The van der Waals surface area contributed by atoms with E-state index < -0.39 is 5.76 Å². The molecule has 0 spiro atoms. The summed E-state index contributed by atoms with van der Waals surface area (Å²) in [5.74, 6) is -0.480. The molecule has 4 aliphatic heterocycles. The highest BCUT2D eigenvalue weighted by Crippen LogP contribution is 2.50. The van der Waals surface area contributed by atoms with Crippen LogP contribution in [0.5, 0.6) is 0 Å². The Labute approximate surface area is 283 Å². The largest absolute Gasteiger partial charge is 0.420 e. The van der Waals surface area contributed by atoms with Crippen molar-refractivity contribution in [2.45, 2.75) is 77.0 Å². The number of hydrogen-bond donors (Lipinski definition) is 0. The van der Waals surface area contributed by atoms with Crippen molar-refractivity contribution < 1.29 is 13.9 Å².